The van der Waals surface area contributed by atoms with Crippen molar-refractivity contribution >= 4 is 46.4 Å². The van der Waals surface area contributed by atoms with E-state index in [1.165, 1.54) is 10.0 Å². The van der Waals surface area contributed by atoms with Crippen LogP contribution in [0.2, 0.25) is 0 Å². The summed E-state index contributed by atoms with van der Waals surface area (Å²) < 4.78 is 14.2. The minimum absolute atomic E-state index is 0.115. The van der Waals surface area contributed by atoms with Crippen molar-refractivity contribution in [2.45, 2.75) is 129 Å². The number of nitroso groups, excluding NO2 is 1. The number of hydrazine groups is 2. The molecule has 1 aliphatic carbocycles. The first-order chi connectivity index (χ1) is 32.2. The van der Waals surface area contributed by atoms with Gasteiger partial charge in [0.05, 0.1) is 36.9 Å². The van der Waals surface area contributed by atoms with Crippen LogP contribution in [0.15, 0.2) is 53.2 Å². The number of aryl methyl sites for hydroxylation is 1. The fourth-order valence-corrected chi connectivity index (χ4v) is 10.9. The van der Waals surface area contributed by atoms with Crippen molar-refractivity contribution in [1.29, 1.82) is 0 Å². The first-order valence-electron chi connectivity index (χ1n) is 24.1. The molecule has 15 heteroatoms. The number of rotatable bonds is 9. The van der Waals surface area contributed by atoms with Crippen LogP contribution in [-0.4, -0.2) is 125 Å². The summed E-state index contributed by atoms with van der Waals surface area (Å²) in [7, 11) is 5.45. The first-order valence-corrected chi connectivity index (χ1v) is 24.1. The summed E-state index contributed by atoms with van der Waals surface area (Å²) in [6.07, 6.45) is 9.07. The molecule has 15 nitrogen and oxygen atoms in total. The van der Waals surface area contributed by atoms with Crippen LogP contribution in [0.4, 0.5) is 0 Å². The SMILES string of the molecule is CC#CC(=O)N1CC[C@H]([N+](=O)N(C)[C@H](C(=O)N[C@H]2Cc3cccc(c3)-c3ccc4c(c3)c(c(C3=C([C@H](C)OC)N=CCC3)n4C)CC(C)(C)COC(=O)[C@@H]3CCCN(N3)C2=O)C2CCCC2)C1. The Balaban J connectivity index is 1.17. The van der Waals surface area contributed by atoms with E-state index in [0.29, 0.717) is 38.8 Å². The van der Waals surface area contributed by atoms with Crippen LogP contribution >= 0.6 is 0 Å². The molecule has 356 valence electrons. The van der Waals surface area contributed by atoms with Crippen molar-refractivity contribution < 1.29 is 33.5 Å². The average molecular weight is 916 g/mol. The third-order valence-electron chi connectivity index (χ3n) is 14.5. The van der Waals surface area contributed by atoms with Crippen LogP contribution in [0.3, 0.4) is 0 Å². The second kappa shape index (κ2) is 20.2. The lowest BCUT2D eigenvalue weighted by Gasteiger charge is -2.36. The number of nitrogens with one attached hydrogen (secondary N) is 2. The van der Waals surface area contributed by atoms with Crippen LogP contribution < -0.4 is 10.7 Å². The van der Waals surface area contributed by atoms with Gasteiger partial charge in [0.2, 0.25) is 5.91 Å². The largest absolute Gasteiger partial charge is 0.464 e. The molecule has 0 radical (unpaired) electrons. The number of aliphatic imine (C=N–C) groups is 1. The molecule has 3 fully saturated rings. The van der Waals surface area contributed by atoms with Gasteiger partial charge in [-0.3, -0.25) is 29.2 Å². The fourth-order valence-electron chi connectivity index (χ4n) is 10.9. The minimum Gasteiger partial charge on any atom is -0.464 e. The number of esters is 1. The summed E-state index contributed by atoms with van der Waals surface area (Å²) in [6, 6.07) is 11.4. The molecule has 1 saturated carbocycles. The quantitative estimate of drug-likeness (QED) is 0.115. The molecule has 2 saturated heterocycles. The van der Waals surface area contributed by atoms with E-state index in [-0.39, 0.29) is 43.4 Å². The minimum atomic E-state index is -1.03. The third kappa shape index (κ3) is 10.1. The Kier molecular flexibility index (Phi) is 14.3. The lowest BCUT2D eigenvalue weighted by molar-refractivity contribution is -0.732. The number of allylic oxidation sites excluding steroid dienone is 1. The molecule has 5 heterocycles. The van der Waals surface area contributed by atoms with Gasteiger partial charge in [0.25, 0.3) is 17.9 Å². The van der Waals surface area contributed by atoms with E-state index in [2.05, 4.69) is 78.4 Å². The van der Waals surface area contributed by atoms with Crippen molar-refractivity contribution in [1.82, 2.24) is 30.2 Å². The number of cyclic esters (lactones) is 1. The lowest BCUT2D eigenvalue weighted by atomic mass is 9.83. The zero-order valence-electron chi connectivity index (χ0n) is 40.2. The van der Waals surface area contributed by atoms with E-state index in [0.717, 1.165) is 93.5 Å². The molecule has 5 atom stereocenters. The number of hydrogen-bond donors (Lipinski definition) is 2. The highest BCUT2D eigenvalue weighted by Gasteiger charge is 2.47. The monoisotopic (exact) mass is 916 g/mol. The summed E-state index contributed by atoms with van der Waals surface area (Å²) in [5.74, 6) is 3.55. The Morgan fingerprint density at radius 1 is 1.06 bits per heavy atom. The number of ether oxygens (including phenoxy) is 2. The molecule has 2 N–H and O–H groups in total. The molecule has 67 heavy (non-hydrogen) atoms. The van der Waals surface area contributed by atoms with Gasteiger partial charge in [-0.05, 0) is 105 Å². The number of nitrogens with zero attached hydrogens (tertiary/aromatic N) is 6. The highest BCUT2D eigenvalue weighted by atomic mass is 16.5. The second-order valence-corrected chi connectivity index (χ2v) is 19.9. The number of hydrogen-bond acceptors (Lipinski definition) is 9. The van der Waals surface area contributed by atoms with Crippen molar-refractivity contribution in [2.24, 2.45) is 23.4 Å². The number of carbonyl (C=O) groups is 4. The standard InChI is InChI=1S/C52H66N8O7/c1-8-14-45(61)58-26-23-38(31-58)60(65)57(6)47(35-16-9-10-17-35)49(62)54-43-28-34-15-11-18-36(27-34)37-21-22-44-40(29-37)41(48(56(44)5)39-19-12-24-53-46(39)33(2)66-7)30-52(3,4)32-67-51(64)42-20-13-25-59(55-42)50(43)63/h11,15,18,21-22,24,27,29,33,35,38,42-43,47,55H,9-10,12-13,16-17,19-20,23,25-26,28,30-32H2,1-7H3/p+1/t33-,38-,42-,43-,47-/m0/s1. The molecule has 0 spiro atoms. The Morgan fingerprint density at radius 3 is 2.60 bits per heavy atom. The number of aromatic nitrogens is 1. The number of likely N-dealkylation sites (N-methyl/N-ethyl adjacent to an activating group) is 1. The van der Waals surface area contributed by atoms with Gasteiger partial charge in [0, 0.05) is 73.9 Å². The number of carbonyl (C=O) groups excluding carboxylic acids is 4. The van der Waals surface area contributed by atoms with Gasteiger partial charge in [-0.25, -0.2) is 5.43 Å². The fraction of sp³-hybridized carbons (Fsp3) is 0.558. The smallest absolute Gasteiger partial charge is 0.324 e. The Bertz CT molecular complexity index is 2540. The summed E-state index contributed by atoms with van der Waals surface area (Å²) in [4.78, 5) is 77.6. The maximum absolute atomic E-state index is 14.8. The molecule has 1 aromatic heterocycles. The van der Waals surface area contributed by atoms with E-state index in [1.54, 1.807) is 26.0 Å². The Labute approximate surface area is 394 Å². The number of fused-ring (bicyclic) bond motifs is 6. The zero-order valence-corrected chi connectivity index (χ0v) is 40.2. The van der Waals surface area contributed by atoms with Crippen molar-refractivity contribution in [3.05, 3.63) is 69.9 Å². The normalized spacial score (nSPS) is 23.3. The molecule has 2 aromatic carbocycles. The van der Waals surface area contributed by atoms with E-state index in [1.807, 2.05) is 25.3 Å². The summed E-state index contributed by atoms with van der Waals surface area (Å²) in [5, 5.41) is 7.18. The third-order valence-corrected chi connectivity index (χ3v) is 14.5. The van der Waals surface area contributed by atoms with E-state index in [9.17, 15) is 24.1 Å². The molecule has 3 aromatic rings. The predicted octanol–water partition coefficient (Wildman–Crippen LogP) is 5.91. The van der Waals surface area contributed by atoms with Crippen LogP contribution in [0, 0.1) is 28.1 Å². The highest BCUT2D eigenvalue weighted by molar-refractivity contribution is 5.95. The molecule has 8 rings (SSSR count). The lowest BCUT2D eigenvalue weighted by Crippen LogP contribution is -2.62. The van der Waals surface area contributed by atoms with Gasteiger partial charge in [-0.1, -0.05) is 62.9 Å². The van der Waals surface area contributed by atoms with E-state index in [4.69, 9.17) is 14.5 Å². The van der Waals surface area contributed by atoms with Gasteiger partial charge in [0.1, 0.15) is 17.0 Å². The molecular formula is C52H67N8O7+. The predicted molar refractivity (Wildman–Crippen MR) is 257 cm³/mol. The van der Waals surface area contributed by atoms with Crippen molar-refractivity contribution in [3.8, 4) is 23.0 Å². The molecular weight excluding hydrogens is 849 g/mol. The Hall–Kier alpha value is -5.85. The first kappa shape index (κ1) is 47.6. The summed E-state index contributed by atoms with van der Waals surface area (Å²) in [6.45, 7) is 8.97. The summed E-state index contributed by atoms with van der Waals surface area (Å²) >= 11 is 0. The molecule has 3 amide bonds. The van der Waals surface area contributed by atoms with E-state index < -0.39 is 41.5 Å². The van der Waals surface area contributed by atoms with Gasteiger partial charge >= 0.3 is 5.97 Å². The van der Waals surface area contributed by atoms with Gasteiger partial charge in [0.15, 0.2) is 6.04 Å². The van der Waals surface area contributed by atoms with Gasteiger partial charge < -0.3 is 24.3 Å². The number of likely N-dealkylation sites (tertiary alicyclic amines) is 1. The van der Waals surface area contributed by atoms with Crippen molar-refractivity contribution in [2.75, 3.05) is 40.4 Å². The maximum Gasteiger partial charge on any atom is 0.324 e. The summed E-state index contributed by atoms with van der Waals surface area (Å²) in [5.41, 5.74) is 10.9. The number of benzene rings is 2. The van der Waals surface area contributed by atoms with Gasteiger partial charge in [-0.2, -0.15) is 0 Å². The molecule has 4 aliphatic heterocycles. The average Bonchev–Trinajstić information content (AvgIpc) is 4.11. The highest BCUT2D eigenvalue weighted by Crippen LogP contribution is 2.41. The molecule has 0 unspecified atom stereocenters. The zero-order chi connectivity index (χ0) is 47.6. The Morgan fingerprint density at radius 2 is 1.84 bits per heavy atom. The van der Waals surface area contributed by atoms with Crippen molar-refractivity contribution in [3.63, 3.8) is 0 Å². The van der Waals surface area contributed by atoms with Crippen LogP contribution in [0.25, 0.3) is 27.6 Å². The van der Waals surface area contributed by atoms with E-state index >= 15 is 0 Å². The molecule has 5 aliphatic rings. The second-order valence-electron chi connectivity index (χ2n) is 19.9. The van der Waals surface area contributed by atoms with Crippen LogP contribution in [-0.2, 0) is 48.5 Å². The number of methoxy groups -OCH3 is 1. The van der Waals surface area contributed by atoms with Crippen LogP contribution in [0.1, 0.15) is 102 Å². The van der Waals surface area contributed by atoms with Gasteiger partial charge in [-0.15, -0.1) is 5.01 Å². The topological polar surface area (TPSA) is 158 Å². The molecule has 6 bridgehead atoms. The maximum atomic E-state index is 14.8. The van der Waals surface area contributed by atoms with Crippen LogP contribution in [0.5, 0.6) is 0 Å². The number of amides is 3.